The van der Waals surface area contributed by atoms with Crippen LogP contribution in [0.15, 0.2) is 156 Å². The summed E-state index contributed by atoms with van der Waals surface area (Å²) in [5.74, 6) is 1.01. The Labute approximate surface area is 264 Å². The van der Waals surface area contributed by atoms with Gasteiger partial charge in [-0.3, -0.25) is 4.57 Å². The maximum Gasteiger partial charge on any atom is 0.151 e. The molecule has 3 heteroatoms. The summed E-state index contributed by atoms with van der Waals surface area (Å²) in [5, 5.41) is 10.4. The highest BCUT2D eigenvalue weighted by Crippen LogP contribution is 2.45. The molecule has 0 spiro atoms. The van der Waals surface area contributed by atoms with E-state index in [0.717, 1.165) is 12.2 Å². The van der Waals surface area contributed by atoms with E-state index in [9.17, 15) is 0 Å². The summed E-state index contributed by atoms with van der Waals surface area (Å²) >= 11 is 1.85. The Hall–Kier alpha value is -5.38. The third-order valence-electron chi connectivity index (χ3n) is 9.49. The van der Waals surface area contributed by atoms with Crippen molar-refractivity contribution in [2.24, 2.45) is 0 Å². The lowest BCUT2D eigenvalue weighted by atomic mass is 9.91. The number of hydrogen-bond donors (Lipinski definition) is 0. The average molecular weight is 591 g/mol. The molecule has 0 aliphatic carbocycles. The zero-order valence-electron chi connectivity index (χ0n) is 24.4. The summed E-state index contributed by atoms with van der Waals surface area (Å²) in [6, 6.07) is 51.1. The number of aromatic nitrogens is 2. The van der Waals surface area contributed by atoms with Crippen molar-refractivity contribution in [1.29, 1.82) is 0 Å². The summed E-state index contributed by atoms with van der Waals surface area (Å²) in [6.07, 6.45) is 2.87. The van der Waals surface area contributed by atoms with E-state index in [1.165, 1.54) is 86.2 Å². The van der Waals surface area contributed by atoms with E-state index in [4.69, 9.17) is 4.98 Å². The first-order valence-electron chi connectivity index (χ1n) is 15.4. The Balaban J connectivity index is 1.09. The molecule has 2 aromatic heterocycles. The first kappa shape index (κ1) is 25.0. The van der Waals surface area contributed by atoms with Gasteiger partial charge in [0.1, 0.15) is 0 Å². The number of hydrogen-bond acceptors (Lipinski definition) is 2. The van der Waals surface area contributed by atoms with Crippen LogP contribution >= 0.6 is 11.8 Å². The molecular formula is C42H26N2S. The average Bonchev–Trinajstić information content (AvgIpc) is 3.44. The highest BCUT2D eigenvalue weighted by Gasteiger charge is 2.23. The minimum atomic E-state index is 0.888. The van der Waals surface area contributed by atoms with Gasteiger partial charge in [-0.15, -0.1) is 0 Å². The fourth-order valence-electron chi connectivity index (χ4n) is 7.44. The predicted octanol–water partition coefficient (Wildman–Crippen LogP) is 11.4. The van der Waals surface area contributed by atoms with Gasteiger partial charge in [0.2, 0.25) is 0 Å². The smallest absolute Gasteiger partial charge is 0.151 e. The monoisotopic (exact) mass is 590 g/mol. The van der Waals surface area contributed by atoms with Crippen LogP contribution in [-0.2, 0) is 6.42 Å². The first-order valence-corrected chi connectivity index (χ1v) is 16.2. The number of pyridine rings is 1. The maximum absolute atomic E-state index is 4.99. The van der Waals surface area contributed by atoms with Crippen LogP contribution in [0.1, 0.15) is 11.1 Å². The number of nitrogens with zero attached hydrogens (tertiary/aromatic N) is 2. The van der Waals surface area contributed by atoms with Gasteiger partial charge in [0.25, 0.3) is 0 Å². The first-order chi connectivity index (χ1) is 22.3. The summed E-state index contributed by atoms with van der Waals surface area (Å²) in [6.45, 7) is 0. The van der Waals surface area contributed by atoms with Crippen LogP contribution in [0.3, 0.4) is 0 Å². The molecule has 210 valence electrons. The topological polar surface area (TPSA) is 17.8 Å². The Morgan fingerprint density at radius 2 is 1.00 bits per heavy atom. The Bertz CT molecular complexity index is 2580. The lowest BCUT2D eigenvalue weighted by Gasteiger charge is -2.22. The number of benzene rings is 7. The van der Waals surface area contributed by atoms with E-state index in [-0.39, 0.29) is 0 Å². The molecule has 0 fully saturated rings. The summed E-state index contributed by atoms with van der Waals surface area (Å²) in [7, 11) is 0. The zero-order valence-corrected chi connectivity index (χ0v) is 25.2. The van der Waals surface area contributed by atoms with Crippen LogP contribution < -0.4 is 0 Å². The third kappa shape index (κ3) is 3.68. The van der Waals surface area contributed by atoms with Gasteiger partial charge in [0.15, 0.2) is 5.82 Å². The van der Waals surface area contributed by atoms with Gasteiger partial charge in [-0.2, -0.15) is 0 Å². The quantitative estimate of drug-likeness (QED) is 0.186. The molecule has 7 aromatic carbocycles. The van der Waals surface area contributed by atoms with Crippen molar-refractivity contribution >= 4 is 65.9 Å². The fraction of sp³-hybridized carbons (Fsp3) is 0.0238. The molecule has 2 nitrogen and oxygen atoms in total. The minimum absolute atomic E-state index is 0.888. The summed E-state index contributed by atoms with van der Waals surface area (Å²) < 4.78 is 2.35. The lowest BCUT2D eigenvalue weighted by molar-refractivity contribution is 0.963. The molecule has 0 radical (unpaired) electrons. The van der Waals surface area contributed by atoms with E-state index in [2.05, 4.69) is 144 Å². The second-order valence-electron chi connectivity index (χ2n) is 11.9. The van der Waals surface area contributed by atoms with Crippen LogP contribution in [-0.4, -0.2) is 9.55 Å². The number of rotatable bonds is 2. The fourth-order valence-corrected chi connectivity index (χ4v) is 8.56. The molecule has 0 amide bonds. The lowest BCUT2D eigenvalue weighted by Crippen LogP contribution is -2.07. The molecule has 0 atom stereocenters. The van der Waals surface area contributed by atoms with E-state index >= 15 is 0 Å². The van der Waals surface area contributed by atoms with Crippen LogP contribution in [0.5, 0.6) is 0 Å². The van der Waals surface area contributed by atoms with Gasteiger partial charge in [-0.25, -0.2) is 4.98 Å². The highest BCUT2D eigenvalue weighted by atomic mass is 32.2. The van der Waals surface area contributed by atoms with E-state index in [0.29, 0.717) is 0 Å². The minimum Gasteiger partial charge on any atom is -0.293 e. The largest absolute Gasteiger partial charge is 0.293 e. The molecule has 0 saturated carbocycles. The molecule has 9 aromatic rings. The van der Waals surface area contributed by atoms with Crippen molar-refractivity contribution in [3.8, 4) is 16.9 Å². The second kappa shape index (κ2) is 9.56. The van der Waals surface area contributed by atoms with Crippen molar-refractivity contribution in [2.45, 2.75) is 16.2 Å². The molecule has 0 unspecified atom stereocenters. The van der Waals surface area contributed by atoms with Crippen molar-refractivity contribution < 1.29 is 0 Å². The van der Waals surface area contributed by atoms with Gasteiger partial charge in [-0.05, 0) is 97.4 Å². The van der Waals surface area contributed by atoms with Gasteiger partial charge < -0.3 is 0 Å². The van der Waals surface area contributed by atoms with Crippen molar-refractivity contribution in [2.75, 3.05) is 0 Å². The standard InChI is InChI=1S/C42H26N2S/c1-2-11-32-30(9-1)31-10-3-4-12-33(31)37-25-27(17-19-34(32)37)26-18-20-40-29(23-26)24-28-21-22-43-42(41(28)45-40)44-38-15-7-5-13-35(38)36-14-6-8-16-39(36)44/h1-23,25H,24H2. The van der Waals surface area contributed by atoms with Crippen LogP contribution in [0.25, 0.3) is 71.1 Å². The van der Waals surface area contributed by atoms with Gasteiger partial charge >= 0.3 is 0 Å². The molecule has 0 saturated heterocycles. The zero-order chi connectivity index (χ0) is 29.5. The Morgan fingerprint density at radius 3 is 1.67 bits per heavy atom. The van der Waals surface area contributed by atoms with Crippen LogP contribution in [0.2, 0.25) is 0 Å². The Morgan fingerprint density at radius 1 is 0.467 bits per heavy atom. The molecule has 45 heavy (non-hydrogen) atoms. The number of fused-ring (bicyclic) bond motifs is 11. The summed E-state index contributed by atoms with van der Waals surface area (Å²) in [5.41, 5.74) is 7.59. The second-order valence-corrected chi connectivity index (χ2v) is 13.0. The SMILES string of the molecule is c1ccc2c(c1)c1ccccc1c1cc(-c3ccc4c(c3)Cc3ccnc(-n5c6ccccc6c6ccccc65)c3S4)ccc21. The predicted molar refractivity (Wildman–Crippen MR) is 190 cm³/mol. The van der Waals surface area contributed by atoms with Gasteiger partial charge in [-0.1, -0.05) is 115 Å². The Kier molecular flexibility index (Phi) is 5.31. The molecule has 0 bridgehead atoms. The molecule has 3 heterocycles. The molecular weight excluding hydrogens is 565 g/mol. The van der Waals surface area contributed by atoms with Crippen molar-refractivity contribution in [1.82, 2.24) is 9.55 Å². The normalized spacial score (nSPS) is 12.7. The molecule has 1 aliphatic heterocycles. The maximum atomic E-state index is 4.99. The van der Waals surface area contributed by atoms with Gasteiger partial charge in [0.05, 0.1) is 15.9 Å². The van der Waals surface area contributed by atoms with Crippen molar-refractivity contribution in [3.05, 3.63) is 157 Å². The van der Waals surface area contributed by atoms with Gasteiger partial charge in [0, 0.05) is 21.9 Å². The van der Waals surface area contributed by atoms with Crippen LogP contribution in [0, 0.1) is 0 Å². The third-order valence-corrected chi connectivity index (χ3v) is 10.8. The van der Waals surface area contributed by atoms with E-state index < -0.39 is 0 Å². The molecule has 0 N–H and O–H groups in total. The highest BCUT2D eigenvalue weighted by molar-refractivity contribution is 7.99. The van der Waals surface area contributed by atoms with Crippen LogP contribution in [0.4, 0.5) is 0 Å². The summed E-state index contributed by atoms with van der Waals surface area (Å²) in [4.78, 5) is 7.54. The van der Waals surface area contributed by atoms with E-state index in [1.807, 2.05) is 18.0 Å². The molecule has 1 aliphatic rings. The molecule has 10 rings (SSSR count). The number of para-hydroxylation sites is 2. The van der Waals surface area contributed by atoms with Crippen molar-refractivity contribution in [3.63, 3.8) is 0 Å². The van der Waals surface area contributed by atoms with E-state index in [1.54, 1.807) is 0 Å².